The average Bonchev–Trinajstić information content (AvgIpc) is 3.67. The molecule has 2 amide bonds. The number of benzene rings is 3. The molecule has 3 aliphatic heterocycles. The number of carbonyl (C=O) groups is 3. The van der Waals surface area contributed by atoms with Crippen molar-refractivity contribution < 1.29 is 24.2 Å². The van der Waals surface area contributed by atoms with Crippen molar-refractivity contribution in [1.82, 2.24) is 4.90 Å². The van der Waals surface area contributed by atoms with E-state index in [-0.39, 0.29) is 41.6 Å². The first-order valence-corrected chi connectivity index (χ1v) is 17.6. The van der Waals surface area contributed by atoms with Gasteiger partial charge in [-0.2, -0.15) is 0 Å². The van der Waals surface area contributed by atoms with Gasteiger partial charge in [0, 0.05) is 22.3 Å². The van der Waals surface area contributed by atoms with E-state index in [1.54, 1.807) is 27.6 Å². The molecular formula is C37H39BrN2O5S. The van der Waals surface area contributed by atoms with Crippen LogP contribution in [0.1, 0.15) is 37.3 Å². The lowest BCUT2D eigenvalue weighted by Gasteiger charge is -2.40. The van der Waals surface area contributed by atoms with E-state index in [9.17, 15) is 14.7 Å². The van der Waals surface area contributed by atoms with E-state index in [4.69, 9.17) is 4.74 Å². The van der Waals surface area contributed by atoms with Crippen LogP contribution in [-0.4, -0.2) is 68.4 Å². The van der Waals surface area contributed by atoms with Gasteiger partial charge in [0.15, 0.2) is 0 Å². The highest BCUT2D eigenvalue weighted by Gasteiger charge is 2.76. The second-order valence-electron chi connectivity index (χ2n) is 12.2. The molecule has 0 aliphatic carbocycles. The number of carbonyl (C=O) groups excluding carboxylic acids is 3. The van der Waals surface area contributed by atoms with Crippen LogP contribution in [0.15, 0.2) is 98.1 Å². The first-order valence-electron chi connectivity index (χ1n) is 15.8. The minimum absolute atomic E-state index is 0.0899. The van der Waals surface area contributed by atoms with Gasteiger partial charge >= 0.3 is 5.97 Å². The number of esters is 1. The number of alkyl halides is 1. The van der Waals surface area contributed by atoms with Gasteiger partial charge in [0.25, 0.3) is 5.91 Å². The van der Waals surface area contributed by atoms with Crippen LogP contribution in [0.25, 0.3) is 10.8 Å². The van der Waals surface area contributed by atoms with Gasteiger partial charge in [-0.15, -0.1) is 24.9 Å². The summed E-state index contributed by atoms with van der Waals surface area (Å²) in [5.74, 6) is -2.41. The van der Waals surface area contributed by atoms with Crippen molar-refractivity contribution in [2.45, 2.75) is 52.6 Å². The lowest BCUT2D eigenvalue weighted by Crippen LogP contribution is -2.56. The van der Waals surface area contributed by atoms with Crippen molar-refractivity contribution in [1.29, 1.82) is 0 Å². The fourth-order valence-electron chi connectivity index (χ4n) is 7.59. The van der Waals surface area contributed by atoms with Crippen LogP contribution >= 0.6 is 27.7 Å². The van der Waals surface area contributed by atoms with Crippen molar-refractivity contribution in [3.05, 3.63) is 104 Å². The standard InChI is InChI=1S/C37H39BrN2O5S/c1-3-5-6-12-20-45-36(44)30-31-34(42)40(29(23-41)25-14-8-7-9-15-25)33(37(31)22-28(38)32(30)46-37)35(43)39(19-4-2)27-18-17-24-13-10-11-16-26(24)21-27/h3-4,7-11,13-18,21,28-33,41H,1-2,5-6,12,19-20,22-23H2/t28?,29-,30-,31+,32-,33?,37?/m1/s1. The summed E-state index contributed by atoms with van der Waals surface area (Å²) >= 11 is 5.40. The van der Waals surface area contributed by atoms with Gasteiger partial charge in [0.1, 0.15) is 6.04 Å². The number of amides is 2. The van der Waals surface area contributed by atoms with Crippen LogP contribution in [0, 0.1) is 11.8 Å². The number of aliphatic hydroxyl groups excluding tert-OH is 1. The summed E-state index contributed by atoms with van der Waals surface area (Å²) in [6, 6.07) is 21.4. The molecule has 3 aliphatic rings. The number of fused-ring (bicyclic) bond motifs is 2. The smallest absolute Gasteiger partial charge is 0.310 e. The van der Waals surface area contributed by atoms with E-state index in [2.05, 4.69) is 29.1 Å². The number of ether oxygens (including phenoxy) is 1. The molecule has 3 saturated heterocycles. The van der Waals surface area contributed by atoms with Crippen LogP contribution in [0.5, 0.6) is 0 Å². The molecule has 6 rings (SSSR count). The zero-order valence-corrected chi connectivity index (χ0v) is 28.1. The molecule has 7 atom stereocenters. The van der Waals surface area contributed by atoms with Gasteiger partial charge in [-0.3, -0.25) is 14.4 Å². The molecule has 3 aromatic carbocycles. The molecule has 7 nitrogen and oxygen atoms in total. The topological polar surface area (TPSA) is 87.2 Å². The van der Waals surface area contributed by atoms with E-state index < -0.39 is 34.6 Å². The number of thioether (sulfide) groups is 1. The van der Waals surface area contributed by atoms with Crippen LogP contribution in [-0.2, 0) is 19.1 Å². The van der Waals surface area contributed by atoms with Crippen molar-refractivity contribution >= 4 is 61.9 Å². The number of unbranched alkanes of at least 4 members (excludes halogenated alkanes) is 2. The molecule has 0 aromatic heterocycles. The Morgan fingerprint density at radius 3 is 2.52 bits per heavy atom. The predicted octanol–water partition coefficient (Wildman–Crippen LogP) is 6.46. The molecule has 2 bridgehead atoms. The number of halogens is 1. The van der Waals surface area contributed by atoms with Gasteiger partial charge in [-0.25, -0.2) is 0 Å². The number of anilines is 1. The highest BCUT2D eigenvalue weighted by Crippen LogP contribution is 2.68. The van der Waals surface area contributed by atoms with Gasteiger partial charge < -0.3 is 19.6 Å². The predicted molar refractivity (Wildman–Crippen MR) is 187 cm³/mol. The highest BCUT2D eigenvalue weighted by atomic mass is 79.9. The number of likely N-dealkylation sites (tertiary alicyclic amines) is 1. The molecule has 3 aromatic rings. The Morgan fingerprint density at radius 2 is 1.80 bits per heavy atom. The number of aliphatic hydroxyl groups is 1. The quantitative estimate of drug-likeness (QED) is 0.0953. The number of allylic oxidation sites excluding steroid dienone is 1. The number of nitrogens with zero attached hydrogens (tertiary/aromatic N) is 2. The van der Waals surface area contributed by atoms with Crippen LogP contribution < -0.4 is 4.90 Å². The van der Waals surface area contributed by atoms with E-state index in [0.717, 1.165) is 29.2 Å². The third kappa shape index (κ3) is 5.60. The summed E-state index contributed by atoms with van der Waals surface area (Å²) in [5.41, 5.74) is 1.42. The third-order valence-electron chi connectivity index (χ3n) is 9.60. The van der Waals surface area contributed by atoms with Crippen molar-refractivity contribution in [2.24, 2.45) is 11.8 Å². The monoisotopic (exact) mass is 702 g/mol. The zero-order valence-electron chi connectivity index (χ0n) is 25.7. The molecule has 1 N–H and O–H groups in total. The minimum atomic E-state index is -0.936. The van der Waals surface area contributed by atoms with Gasteiger partial charge in [0.05, 0.1) is 35.8 Å². The van der Waals surface area contributed by atoms with E-state index in [1.165, 1.54) is 0 Å². The van der Waals surface area contributed by atoms with E-state index in [1.807, 2.05) is 78.9 Å². The average molecular weight is 704 g/mol. The Hall–Kier alpha value is -3.40. The molecule has 0 radical (unpaired) electrons. The molecule has 3 unspecified atom stereocenters. The number of rotatable bonds is 13. The minimum Gasteiger partial charge on any atom is -0.465 e. The van der Waals surface area contributed by atoms with Crippen molar-refractivity contribution in [2.75, 3.05) is 24.7 Å². The van der Waals surface area contributed by atoms with Gasteiger partial charge in [-0.1, -0.05) is 88.7 Å². The third-order valence-corrected chi connectivity index (χ3v) is 12.8. The summed E-state index contributed by atoms with van der Waals surface area (Å²) in [6.07, 6.45) is 6.46. The lowest BCUT2D eigenvalue weighted by molar-refractivity contribution is -0.154. The first kappa shape index (κ1) is 32.5. The fourth-order valence-corrected chi connectivity index (χ4v) is 11.2. The summed E-state index contributed by atoms with van der Waals surface area (Å²) in [5, 5.41) is 12.7. The van der Waals surface area contributed by atoms with Crippen LogP contribution in [0.3, 0.4) is 0 Å². The molecule has 0 saturated carbocycles. The Labute approximate surface area is 282 Å². The molecule has 3 fully saturated rings. The van der Waals surface area contributed by atoms with Crippen molar-refractivity contribution in [3.8, 4) is 0 Å². The summed E-state index contributed by atoms with van der Waals surface area (Å²) in [7, 11) is 0. The van der Waals surface area contributed by atoms with E-state index in [0.29, 0.717) is 18.5 Å². The van der Waals surface area contributed by atoms with Crippen LogP contribution in [0.2, 0.25) is 0 Å². The van der Waals surface area contributed by atoms with Gasteiger partial charge in [-0.05, 0) is 54.2 Å². The normalized spacial score (nSPS) is 27.0. The summed E-state index contributed by atoms with van der Waals surface area (Å²) in [4.78, 5) is 46.8. The molecule has 46 heavy (non-hydrogen) atoms. The van der Waals surface area contributed by atoms with Gasteiger partial charge in [0.2, 0.25) is 5.91 Å². The zero-order chi connectivity index (χ0) is 32.4. The summed E-state index contributed by atoms with van der Waals surface area (Å²) in [6.45, 7) is 7.82. The molecular weight excluding hydrogens is 664 g/mol. The Kier molecular flexibility index (Phi) is 9.73. The fraction of sp³-hybridized carbons (Fsp3) is 0.378. The Morgan fingerprint density at radius 1 is 1.07 bits per heavy atom. The number of hydrogen-bond donors (Lipinski definition) is 1. The molecule has 240 valence electrons. The highest BCUT2D eigenvalue weighted by molar-refractivity contribution is 9.09. The molecule has 3 heterocycles. The molecule has 1 spiro atoms. The maximum absolute atomic E-state index is 15.1. The lowest BCUT2D eigenvalue weighted by atomic mass is 9.71. The number of hydrogen-bond acceptors (Lipinski definition) is 6. The van der Waals surface area contributed by atoms with Crippen LogP contribution in [0.4, 0.5) is 5.69 Å². The second kappa shape index (κ2) is 13.8. The SMILES string of the molecule is C=CCCCCOC(=O)[C@H]1[C@@H]2SC3(CC2Br)C(C(=O)N(CC=C)c2ccc4ccccc4c2)N([C@H](CO)c2ccccc2)C(=O)[C@H]13. The maximum atomic E-state index is 15.1. The largest absolute Gasteiger partial charge is 0.465 e. The Balaban J connectivity index is 1.43. The first-order chi connectivity index (χ1) is 22.4. The van der Waals surface area contributed by atoms with Crippen molar-refractivity contribution in [3.63, 3.8) is 0 Å². The second-order valence-corrected chi connectivity index (χ2v) is 15.0. The summed E-state index contributed by atoms with van der Waals surface area (Å²) < 4.78 is 4.90. The van der Waals surface area contributed by atoms with E-state index >= 15 is 4.79 Å². The Bertz CT molecular complexity index is 1630. The maximum Gasteiger partial charge on any atom is 0.310 e. The molecule has 9 heteroatoms.